The number of rotatable bonds is 1. The van der Waals surface area contributed by atoms with Gasteiger partial charge in [-0.2, -0.15) is 0 Å². The molecule has 0 nitrogen and oxygen atoms in total. The van der Waals surface area contributed by atoms with Gasteiger partial charge in [0.15, 0.2) is 0 Å². The van der Waals surface area contributed by atoms with Gasteiger partial charge in [0.05, 0.1) is 0 Å². The fraction of sp³-hybridized carbons (Fsp3) is 0.294. The fourth-order valence-electron chi connectivity index (χ4n) is 2.48. The Hall–Kier alpha value is -1.74. The highest BCUT2D eigenvalue weighted by Crippen LogP contribution is 2.45. The Morgan fingerprint density at radius 3 is 2.65 bits per heavy atom. The topological polar surface area (TPSA) is 0 Å². The predicted molar refractivity (Wildman–Crippen MR) is 74.7 cm³/mol. The van der Waals surface area contributed by atoms with E-state index in [1.54, 1.807) is 0 Å². The molecule has 0 amide bonds. The molecule has 2 rings (SSSR count). The zero-order chi connectivity index (χ0) is 12.5. The molecule has 0 aromatic heterocycles. The van der Waals surface area contributed by atoms with E-state index in [4.69, 9.17) is 0 Å². The van der Waals surface area contributed by atoms with Crippen molar-refractivity contribution >= 4 is 5.57 Å². The van der Waals surface area contributed by atoms with Gasteiger partial charge in [-0.05, 0) is 16.7 Å². The summed E-state index contributed by atoms with van der Waals surface area (Å²) in [5, 5.41) is 0. The van der Waals surface area contributed by atoms with Crippen molar-refractivity contribution in [2.24, 2.45) is 0 Å². The molecule has 0 spiro atoms. The Labute approximate surface area is 104 Å². The van der Waals surface area contributed by atoms with Gasteiger partial charge in [0.25, 0.3) is 0 Å². The van der Waals surface area contributed by atoms with Crippen LogP contribution in [0.15, 0.2) is 42.5 Å². The molecule has 0 N–H and O–H groups in total. The summed E-state index contributed by atoms with van der Waals surface area (Å²) in [5.74, 6) is 6.52. The molecule has 17 heavy (non-hydrogen) atoms. The average molecular weight is 222 g/mol. The Bertz CT molecular complexity index is 545. The zero-order valence-corrected chi connectivity index (χ0v) is 10.8. The Morgan fingerprint density at radius 1 is 1.29 bits per heavy atom. The molecule has 0 saturated carbocycles. The molecule has 1 aliphatic rings. The van der Waals surface area contributed by atoms with Gasteiger partial charge < -0.3 is 0 Å². The second-order valence-electron chi connectivity index (χ2n) is 4.82. The van der Waals surface area contributed by atoms with Gasteiger partial charge in [0.2, 0.25) is 0 Å². The van der Waals surface area contributed by atoms with Gasteiger partial charge in [0.1, 0.15) is 0 Å². The number of benzene rings is 1. The third-order valence-corrected chi connectivity index (χ3v) is 3.38. The molecule has 0 bridgehead atoms. The molecule has 0 unspecified atom stereocenters. The van der Waals surface area contributed by atoms with Gasteiger partial charge in [-0.1, -0.05) is 69.5 Å². The first kappa shape index (κ1) is 11.7. The zero-order valence-electron chi connectivity index (χ0n) is 10.8. The lowest BCUT2D eigenvalue weighted by Gasteiger charge is -2.21. The summed E-state index contributed by atoms with van der Waals surface area (Å²) in [5.41, 5.74) is 5.05. The van der Waals surface area contributed by atoms with E-state index in [2.05, 4.69) is 63.5 Å². The van der Waals surface area contributed by atoms with Crippen LogP contribution in [0.1, 0.15) is 38.3 Å². The molecule has 0 saturated heterocycles. The summed E-state index contributed by atoms with van der Waals surface area (Å²) >= 11 is 0. The van der Waals surface area contributed by atoms with Crippen molar-refractivity contribution < 1.29 is 0 Å². The number of allylic oxidation sites excluding steroid dienone is 3. The van der Waals surface area contributed by atoms with Crippen LogP contribution >= 0.6 is 0 Å². The van der Waals surface area contributed by atoms with Crippen molar-refractivity contribution in [2.45, 2.75) is 32.6 Å². The minimum atomic E-state index is 0.00227. The van der Waals surface area contributed by atoms with Gasteiger partial charge >= 0.3 is 0 Å². The molecule has 0 atom stereocenters. The third-order valence-electron chi connectivity index (χ3n) is 3.38. The SMILES string of the molecule is C=CC1=C(C#CCC)C(C)(C)c2ccccc21. The second kappa shape index (κ2) is 4.26. The van der Waals surface area contributed by atoms with Crippen LogP contribution in [-0.4, -0.2) is 0 Å². The van der Waals surface area contributed by atoms with E-state index in [-0.39, 0.29) is 5.41 Å². The maximum atomic E-state index is 3.94. The largest absolute Gasteiger partial charge is 0.0985 e. The second-order valence-corrected chi connectivity index (χ2v) is 4.82. The minimum absolute atomic E-state index is 0.00227. The highest BCUT2D eigenvalue weighted by Gasteiger charge is 2.35. The normalized spacial score (nSPS) is 16.2. The molecule has 1 aromatic carbocycles. The van der Waals surface area contributed by atoms with E-state index in [0.29, 0.717) is 0 Å². The van der Waals surface area contributed by atoms with Crippen LogP contribution in [0, 0.1) is 11.8 Å². The van der Waals surface area contributed by atoms with E-state index in [9.17, 15) is 0 Å². The first-order valence-corrected chi connectivity index (χ1v) is 6.08. The molecule has 0 heteroatoms. The van der Waals surface area contributed by atoms with E-state index >= 15 is 0 Å². The van der Waals surface area contributed by atoms with Crippen molar-refractivity contribution in [1.82, 2.24) is 0 Å². The molecule has 1 aliphatic carbocycles. The molecular weight excluding hydrogens is 204 g/mol. The molecule has 0 radical (unpaired) electrons. The van der Waals surface area contributed by atoms with Crippen LogP contribution in [0.2, 0.25) is 0 Å². The lowest BCUT2D eigenvalue weighted by Crippen LogP contribution is -2.16. The molecule has 86 valence electrons. The standard InChI is InChI=1S/C17H18/c1-5-7-11-15-13(6-2)14-10-8-9-12-16(14)17(15,3)4/h6,8-10,12H,2,5H2,1,3-4H3. The van der Waals surface area contributed by atoms with Crippen molar-refractivity contribution in [1.29, 1.82) is 0 Å². The molecule has 0 heterocycles. The van der Waals surface area contributed by atoms with Crippen LogP contribution in [-0.2, 0) is 5.41 Å². The first-order valence-electron chi connectivity index (χ1n) is 6.08. The minimum Gasteiger partial charge on any atom is -0.0985 e. The van der Waals surface area contributed by atoms with Crippen LogP contribution in [0.25, 0.3) is 5.57 Å². The monoisotopic (exact) mass is 222 g/mol. The summed E-state index contributed by atoms with van der Waals surface area (Å²) < 4.78 is 0. The van der Waals surface area contributed by atoms with E-state index in [1.807, 2.05) is 6.08 Å². The summed E-state index contributed by atoms with van der Waals surface area (Å²) in [4.78, 5) is 0. The van der Waals surface area contributed by atoms with Crippen LogP contribution in [0.5, 0.6) is 0 Å². The van der Waals surface area contributed by atoms with Gasteiger partial charge in [-0.25, -0.2) is 0 Å². The first-order chi connectivity index (χ1) is 8.12. The van der Waals surface area contributed by atoms with Gasteiger partial charge in [-0.3, -0.25) is 0 Å². The summed E-state index contributed by atoms with van der Waals surface area (Å²) in [6, 6.07) is 8.53. The van der Waals surface area contributed by atoms with E-state index in [0.717, 1.165) is 6.42 Å². The molecule has 0 aliphatic heterocycles. The maximum Gasteiger partial charge on any atom is 0.0238 e. The van der Waals surface area contributed by atoms with Crippen molar-refractivity contribution in [3.63, 3.8) is 0 Å². The molecule has 1 aromatic rings. The highest BCUT2D eigenvalue weighted by atomic mass is 14.4. The van der Waals surface area contributed by atoms with Crippen molar-refractivity contribution in [2.75, 3.05) is 0 Å². The lowest BCUT2D eigenvalue weighted by molar-refractivity contribution is 0.659. The number of fused-ring (bicyclic) bond motifs is 1. The summed E-state index contributed by atoms with van der Waals surface area (Å²) in [7, 11) is 0. The number of hydrogen-bond donors (Lipinski definition) is 0. The van der Waals surface area contributed by atoms with Crippen molar-refractivity contribution in [3.05, 3.63) is 53.6 Å². The Morgan fingerprint density at radius 2 is 2.00 bits per heavy atom. The lowest BCUT2D eigenvalue weighted by atomic mass is 9.81. The third kappa shape index (κ3) is 1.72. The Kier molecular flexibility index (Phi) is 2.94. The van der Waals surface area contributed by atoms with E-state index < -0.39 is 0 Å². The summed E-state index contributed by atoms with van der Waals surface area (Å²) in [6.07, 6.45) is 2.83. The van der Waals surface area contributed by atoms with Crippen molar-refractivity contribution in [3.8, 4) is 11.8 Å². The average Bonchev–Trinajstić information content (AvgIpc) is 2.55. The molecular formula is C17H18. The van der Waals surface area contributed by atoms with Gasteiger partial charge in [-0.15, -0.1) is 0 Å². The quantitative estimate of drug-likeness (QED) is 0.620. The smallest absolute Gasteiger partial charge is 0.0238 e. The fourth-order valence-corrected chi connectivity index (χ4v) is 2.48. The number of hydrogen-bond acceptors (Lipinski definition) is 0. The molecule has 0 fully saturated rings. The van der Waals surface area contributed by atoms with E-state index in [1.165, 1.54) is 22.3 Å². The summed E-state index contributed by atoms with van der Waals surface area (Å²) in [6.45, 7) is 10.5. The predicted octanol–water partition coefficient (Wildman–Crippen LogP) is 4.33. The Balaban J connectivity index is 2.69. The van der Waals surface area contributed by atoms with Gasteiger partial charge in [0, 0.05) is 17.4 Å². The van der Waals surface area contributed by atoms with Crippen LogP contribution < -0.4 is 0 Å². The highest BCUT2D eigenvalue weighted by molar-refractivity contribution is 5.88. The maximum absolute atomic E-state index is 3.94. The van der Waals surface area contributed by atoms with Crippen LogP contribution in [0.3, 0.4) is 0 Å². The van der Waals surface area contributed by atoms with Crippen LogP contribution in [0.4, 0.5) is 0 Å².